The monoisotopic (exact) mass is 455 g/mol. The van der Waals surface area contributed by atoms with Crippen LogP contribution in [-0.4, -0.2) is 17.1 Å². The van der Waals surface area contributed by atoms with E-state index in [-0.39, 0.29) is 22.5 Å². The van der Waals surface area contributed by atoms with Crippen molar-refractivity contribution in [1.29, 1.82) is 5.26 Å². The number of fused-ring (bicyclic) bond motifs is 1. The topological polar surface area (TPSA) is 74.2 Å². The van der Waals surface area contributed by atoms with E-state index < -0.39 is 0 Å². The Labute approximate surface area is 193 Å². The fourth-order valence-corrected chi connectivity index (χ4v) is 5.37. The summed E-state index contributed by atoms with van der Waals surface area (Å²) in [6.45, 7) is 10.7. The molecular formula is C24H29N3O2S2. The van der Waals surface area contributed by atoms with Crippen LogP contribution >= 0.6 is 23.6 Å². The number of hydrogen-bond acceptors (Lipinski definition) is 5. The number of thiophene rings is 1. The molecule has 1 aromatic heterocycles. The van der Waals surface area contributed by atoms with Crippen molar-refractivity contribution in [3.63, 3.8) is 0 Å². The average Bonchev–Trinajstić information content (AvgIpc) is 3.02. The molecule has 0 saturated carbocycles. The summed E-state index contributed by atoms with van der Waals surface area (Å²) in [4.78, 5) is 13.9. The van der Waals surface area contributed by atoms with Crippen molar-refractivity contribution in [2.45, 2.75) is 60.0 Å². The molecule has 1 heterocycles. The highest BCUT2D eigenvalue weighted by Gasteiger charge is 2.32. The maximum Gasteiger partial charge on any atom is 0.257 e. The molecule has 0 aliphatic heterocycles. The number of carbonyl (C=O) groups excluding carboxylic acids is 1. The molecule has 2 aromatic rings. The number of benzene rings is 1. The van der Waals surface area contributed by atoms with Gasteiger partial charge in [-0.2, -0.15) is 5.26 Å². The van der Waals surface area contributed by atoms with Crippen LogP contribution in [0.3, 0.4) is 0 Å². The molecule has 164 valence electrons. The minimum absolute atomic E-state index is 0.0215. The standard InChI is InChI=1S/C24H29N3O2S2/c1-14(2)29-17-8-6-7-15(11-17)21(28)26-23(30)27-22-19(13-25)18-10-9-16(24(3,4)5)12-20(18)31-22/h6-8,11,14,16H,9-10,12H2,1-5H3,(H2,26,27,28,30)/t16-/m1/s1. The van der Waals surface area contributed by atoms with Gasteiger partial charge in [0.25, 0.3) is 5.91 Å². The summed E-state index contributed by atoms with van der Waals surface area (Å²) in [5, 5.41) is 16.4. The van der Waals surface area contributed by atoms with Crippen molar-refractivity contribution < 1.29 is 9.53 Å². The van der Waals surface area contributed by atoms with Crippen molar-refractivity contribution in [2.75, 3.05) is 5.32 Å². The second-order valence-corrected chi connectivity index (χ2v) is 10.7. The number of ether oxygens (including phenoxy) is 1. The van der Waals surface area contributed by atoms with E-state index in [9.17, 15) is 10.1 Å². The molecule has 0 fully saturated rings. The van der Waals surface area contributed by atoms with Crippen LogP contribution in [0.4, 0.5) is 5.00 Å². The first kappa shape index (κ1) is 23.2. The van der Waals surface area contributed by atoms with Crippen LogP contribution in [0.25, 0.3) is 0 Å². The number of carbonyl (C=O) groups is 1. The maximum absolute atomic E-state index is 12.6. The van der Waals surface area contributed by atoms with Crippen LogP contribution in [0.15, 0.2) is 24.3 Å². The number of nitrogens with one attached hydrogen (secondary N) is 2. The Morgan fingerprint density at radius 2 is 2.10 bits per heavy atom. The Kier molecular flexibility index (Phi) is 7.03. The summed E-state index contributed by atoms with van der Waals surface area (Å²) in [6, 6.07) is 9.32. The summed E-state index contributed by atoms with van der Waals surface area (Å²) in [5.74, 6) is 0.900. The highest BCUT2D eigenvalue weighted by molar-refractivity contribution is 7.80. The molecule has 0 bridgehead atoms. The molecular weight excluding hydrogens is 426 g/mol. The molecule has 1 aromatic carbocycles. The van der Waals surface area contributed by atoms with Gasteiger partial charge >= 0.3 is 0 Å². The van der Waals surface area contributed by atoms with Gasteiger partial charge in [-0.1, -0.05) is 26.8 Å². The van der Waals surface area contributed by atoms with Crippen LogP contribution in [-0.2, 0) is 12.8 Å². The summed E-state index contributed by atoms with van der Waals surface area (Å²) < 4.78 is 5.65. The highest BCUT2D eigenvalue weighted by Crippen LogP contribution is 2.43. The fourth-order valence-electron chi connectivity index (χ4n) is 3.82. The largest absolute Gasteiger partial charge is 0.491 e. The van der Waals surface area contributed by atoms with Gasteiger partial charge in [0.05, 0.1) is 11.7 Å². The Bertz CT molecular complexity index is 1030. The second-order valence-electron chi connectivity index (χ2n) is 9.23. The predicted molar refractivity (Wildman–Crippen MR) is 130 cm³/mol. The van der Waals surface area contributed by atoms with Gasteiger partial charge in [0, 0.05) is 10.4 Å². The molecule has 3 rings (SSSR count). The van der Waals surface area contributed by atoms with Crippen molar-refractivity contribution in [2.24, 2.45) is 11.3 Å². The molecule has 7 heteroatoms. The minimum atomic E-state index is -0.320. The SMILES string of the molecule is CC(C)Oc1cccc(C(=O)NC(=S)Nc2sc3c(c2C#N)CC[C@@H](C(C)(C)C)C3)c1. The lowest BCUT2D eigenvalue weighted by molar-refractivity contribution is 0.0977. The van der Waals surface area contributed by atoms with E-state index in [4.69, 9.17) is 17.0 Å². The zero-order valence-electron chi connectivity index (χ0n) is 18.7. The number of amides is 1. The Morgan fingerprint density at radius 1 is 1.35 bits per heavy atom. The second kappa shape index (κ2) is 9.37. The molecule has 0 unspecified atom stereocenters. The quantitative estimate of drug-likeness (QED) is 0.580. The number of nitrogens with zero attached hydrogens (tertiary/aromatic N) is 1. The third-order valence-electron chi connectivity index (χ3n) is 5.52. The van der Waals surface area contributed by atoms with Gasteiger partial charge in [-0.15, -0.1) is 11.3 Å². The third kappa shape index (κ3) is 5.63. The number of hydrogen-bond donors (Lipinski definition) is 2. The fraction of sp³-hybridized carbons (Fsp3) is 0.458. The molecule has 1 aliphatic rings. The van der Waals surface area contributed by atoms with Gasteiger partial charge in [-0.25, -0.2) is 0 Å². The summed E-state index contributed by atoms with van der Waals surface area (Å²) in [6.07, 6.45) is 2.98. The van der Waals surface area contributed by atoms with Crippen molar-refractivity contribution in [1.82, 2.24) is 5.32 Å². The smallest absolute Gasteiger partial charge is 0.257 e. The van der Waals surface area contributed by atoms with E-state index in [2.05, 4.69) is 37.5 Å². The minimum Gasteiger partial charge on any atom is -0.491 e. The van der Waals surface area contributed by atoms with Gasteiger partial charge < -0.3 is 10.1 Å². The van der Waals surface area contributed by atoms with Gasteiger partial charge in [0.2, 0.25) is 0 Å². The molecule has 1 amide bonds. The van der Waals surface area contributed by atoms with Gasteiger partial charge in [-0.05, 0) is 80.4 Å². The summed E-state index contributed by atoms with van der Waals surface area (Å²) in [7, 11) is 0. The van der Waals surface area contributed by atoms with Crippen LogP contribution < -0.4 is 15.4 Å². The molecule has 5 nitrogen and oxygen atoms in total. The van der Waals surface area contributed by atoms with E-state index in [1.54, 1.807) is 29.5 Å². The average molecular weight is 456 g/mol. The molecule has 1 atom stereocenters. The molecule has 0 spiro atoms. The summed E-state index contributed by atoms with van der Waals surface area (Å²) >= 11 is 6.94. The molecule has 1 aliphatic carbocycles. The van der Waals surface area contributed by atoms with Crippen LogP contribution in [0, 0.1) is 22.7 Å². The van der Waals surface area contributed by atoms with E-state index in [0.717, 1.165) is 24.8 Å². The van der Waals surface area contributed by atoms with Crippen LogP contribution in [0.1, 0.15) is 67.4 Å². The van der Waals surface area contributed by atoms with Crippen molar-refractivity contribution in [3.8, 4) is 11.8 Å². The number of anilines is 1. The lowest BCUT2D eigenvalue weighted by atomic mass is 9.72. The van der Waals surface area contributed by atoms with Gasteiger partial charge in [0.1, 0.15) is 16.8 Å². The van der Waals surface area contributed by atoms with Crippen LogP contribution in [0.2, 0.25) is 0 Å². The van der Waals surface area contributed by atoms with Crippen molar-refractivity contribution >= 4 is 39.6 Å². The van der Waals surface area contributed by atoms with Gasteiger partial charge in [-0.3, -0.25) is 10.1 Å². The first-order chi connectivity index (χ1) is 14.6. The predicted octanol–water partition coefficient (Wildman–Crippen LogP) is 5.68. The van der Waals surface area contributed by atoms with E-state index in [1.165, 1.54) is 4.88 Å². The van der Waals surface area contributed by atoms with E-state index in [0.29, 0.717) is 27.8 Å². The number of nitriles is 1. The summed E-state index contributed by atoms with van der Waals surface area (Å²) in [5.41, 5.74) is 2.47. The number of thiocarbonyl (C=S) groups is 1. The normalized spacial score (nSPS) is 15.7. The first-order valence-corrected chi connectivity index (χ1v) is 11.7. The molecule has 2 N–H and O–H groups in total. The lowest BCUT2D eigenvalue weighted by Gasteiger charge is -2.33. The highest BCUT2D eigenvalue weighted by atomic mass is 32.1. The van der Waals surface area contributed by atoms with Crippen molar-refractivity contribution in [3.05, 3.63) is 45.8 Å². The molecule has 31 heavy (non-hydrogen) atoms. The third-order valence-corrected chi connectivity index (χ3v) is 6.90. The molecule has 0 radical (unpaired) electrons. The van der Waals surface area contributed by atoms with E-state index >= 15 is 0 Å². The Hall–Kier alpha value is -2.43. The Morgan fingerprint density at radius 3 is 2.74 bits per heavy atom. The van der Waals surface area contributed by atoms with Crippen LogP contribution in [0.5, 0.6) is 5.75 Å². The lowest BCUT2D eigenvalue weighted by Crippen LogP contribution is -2.34. The van der Waals surface area contributed by atoms with Gasteiger partial charge in [0.15, 0.2) is 5.11 Å². The Balaban J connectivity index is 1.71. The zero-order valence-corrected chi connectivity index (χ0v) is 20.3. The van der Waals surface area contributed by atoms with E-state index in [1.807, 2.05) is 19.9 Å². The maximum atomic E-state index is 12.6. The first-order valence-electron chi connectivity index (χ1n) is 10.5. The number of rotatable bonds is 4. The zero-order chi connectivity index (χ0) is 22.8. The molecule has 0 saturated heterocycles.